The minimum atomic E-state index is 0.676. The summed E-state index contributed by atoms with van der Waals surface area (Å²) in [4.78, 5) is 1.25. The molecule has 0 aliphatic heterocycles. The second kappa shape index (κ2) is 6.01. The van der Waals surface area contributed by atoms with Gasteiger partial charge in [0.25, 0.3) is 0 Å². The Hall–Kier alpha value is -0.520. The first-order valence-electron chi connectivity index (χ1n) is 4.59. The Bertz CT molecular complexity index is 236. The van der Waals surface area contributed by atoms with Crippen molar-refractivity contribution >= 4 is 11.5 Å². The predicted molar refractivity (Wildman–Crippen MR) is 54.7 cm³/mol. The van der Waals surface area contributed by atoms with Gasteiger partial charge in [-0.1, -0.05) is 17.8 Å². The number of hydrogen-bond donors (Lipinski definition) is 2. The van der Waals surface area contributed by atoms with Crippen molar-refractivity contribution in [2.24, 2.45) is 5.73 Å². The molecule has 0 bridgehead atoms. The lowest BCUT2D eigenvalue weighted by Gasteiger charge is -2.00. The number of rotatable bonds is 6. The molecule has 0 fully saturated rings. The van der Waals surface area contributed by atoms with Crippen molar-refractivity contribution in [2.45, 2.75) is 26.3 Å². The van der Waals surface area contributed by atoms with E-state index in [9.17, 15) is 0 Å². The smallest absolute Gasteiger partial charge is 0.0800 e. The third-order valence-corrected chi connectivity index (χ3v) is 2.49. The fourth-order valence-electron chi connectivity index (χ4n) is 1.09. The van der Waals surface area contributed by atoms with E-state index in [1.807, 2.05) is 0 Å². The first-order valence-corrected chi connectivity index (χ1v) is 5.36. The van der Waals surface area contributed by atoms with Crippen LogP contribution < -0.4 is 11.1 Å². The second-order valence-electron chi connectivity index (χ2n) is 2.86. The van der Waals surface area contributed by atoms with E-state index in [2.05, 4.69) is 21.8 Å². The largest absolute Gasteiger partial charge is 0.329 e. The highest BCUT2D eigenvalue weighted by Gasteiger charge is 2.05. The van der Waals surface area contributed by atoms with Crippen LogP contribution in [0.15, 0.2) is 0 Å². The monoisotopic (exact) mass is 200 g/mol. The molecule has 0 spiro atoms. The van der Waals surface area contributed by atoms with E-state index in [4.69, 9.17) is 5.73 Å². The Kier molecular flexibility index (Phi) is 4.88. The van der Waals surface area contributed by atoms with Crippen LogP contribution >= 0.6 is 11.5 Å². The summed E-state index contributed by atoms with van der Waals surface area (Å²) in [6, 6.07) is 0. The van der Waals surface area contributed by atoms with Crippen LogP contribution in [0.4, 0.5) is 0 Å². The molecule has 1 aromatic rings. The number of nitrogens with zero attached hydrogens (tertiary/aromatic N) is 2. The first-order chi connectivity index (χ1) is 6.38. The molecule has 13 heavy (non-hydrogen) atoms. The van der Waals surface area contributed by atoms with Crippen molar-refractivity contribution in [1.29, 1.82) is 0 Å². The number of aromatic nitrogens is 2. The zero-order valence-corrected chi connectivity index (χ0v) is 8.73. The minimum absolute atomic E-state index is 0.676. The third-order valence-electron chi connectivity index (χ3n) is 1.73. The lowest BCUT2D eigenvalue weighted by atomic mass is 10.2. The van der Waals surface area contributed by atoms with Gasteiger partial charge in [-0.2, -0.15) is 0 Å². The van der Waals surface area contributed by atoms with E-state index < -0.39 is 0 Å². The number of nitrogens with two attached hydrogens (primary N) is 1. The second-order valence-corrected chi connectivity index (χ2v) is 3.70. The summed E-state index contributed by atoms with van der Waals surface area (Å²) in [5, 5.41) is 7.32. The Morgan fingerprint density at radius 3 is 3.08 bits per heavy atom. The highest BCUT2D eigenvalue weighted by atomic mass is 32.1. The van der Waals surface area contributed by atoms with Crippen LogP contribution in [0.2, 0.25) is 0 Å². The van der Waals surface area contributed by atoms with Gasteiger partial charge in [0, 0.05) is 19.6 Å². The van der Waals surface area contributed by atoms with Crippen LogP contribution in [0.25, 0.3) is 0 Å². The molecule has 1 aromatic heterocycles. The molecular formula is C8H16N4S. The van der Waals surface area contributed by atoms with E-state index in [1.165, 1.54) is 16.4 Å². The molecule has 0 amide bonds. The zero-order valence-electron chi connectivity index (χ0n) is 7.92. The molecule has 0 aliphatic rings. The maximum atomic E-state index is 5.37. The van der Waals surface area contributed by atoms with E-state index >= 15 is 0 Å². The summed E-state index contributed by atoms with van der Waals surface area (Å²) < 4.78 is 3.94. The summed E-state index contributed by atoms with van der Waals surface area (Å²) in [6.07, 6.45) is 2.14. The van der Waals surface area contributed by atoms with E-state index in [-0.39, 0.29) is 0 Å². The molecule has 3 N–H and O–H groups in total. The normalized spacial score (nSPS) is 10.6. The van der Waals surface area contributed by atoms with Gasteiger partial charge >= 0.3 is 0 Å². The summed E-state index contributed by atoms with van der Waals surface area (Å²) in [7, 11) is 0. The molecule has 5 heteroatoms. The standard InChI is InChI=1S/C8H16N4S/c1-2-3-7-8(13-12-11-7)6-10-5-4-9/h10H,2-6,9H2,1H3. The molecule has 0 aliphatic carbocycles. The molecule has 0 aromatic carbocycles. The molecule has 4 nitrogen and oxygen atoms in total. The van der Waals surface area contributed by atoms with Gasteiger partial charge in [-0.3, -0.25) is 0 Å². The zero-order chi connectivity index (χ0) is 9.52. The van der Waals surface area contributed by atoms with Crippen molar-refractivity contribution in [3.63, 3.8) is 0 Å². The predicted octanol–water partition coefficient (Wildman–Crippen LogP) is 0.539. The summed E-state index contributed by atoms with van der Waals surface area (Å²) >= 11 is 1.48. The number of nitrogens with one attached hydrogen (secondary N) is 1. The quantitative estimate of drug-likeness (QED) is 0.658. The fraction of sp³-hybridized carbons (Fsp3) is 0.750. The van der Waals surface area contributed by atoms with Crippen molar-refractivity contribution in [3.05, 3.63) is 10.6 Å². The summed E-state index contributed by atoms with van der Waals surface area (Å²) in [6.45, 7) is 4.53. The van der Waals surface area contributed by atoms with Crippen molar-refractivity contribution < 1.29 is 0 Å². The number of hydrogen-bond acceptors (Lipinski definition) is 5. The van der Waals surface area contributed by atoms with Crippen LogP contribution in [0.1, 0.15) is 23.9 Å². The van der Waals surface area contributed by atoms with Crippen LogP contribution in [0.3, 0.4) is 0 Å². The van der Waals surface area contributed by atoms with Gasteiger partial charge in [0.1, 0.15) is 0 Å². The van der Waals surface area contributed by atoms with E-state index in [1.54, 1.807) is 0 Å². The van der Waals surface area contributed by atoms with Crippen LogP contribution in [0.5, 0.6) is 0 Å². The molecule has 0 radical (unpaired) electrons. The van der Waals surface area contributed by atoms with Crippen molar-refractivity contribution in [2.75, 3.05) is 13.1 Å². The van der Waals surface area contributed by atoms with Gasteiger partial charge in [0.2, 0.25) is 0 Å². The highest BCUT2D eigenvalue weighted by molar-refractivity contribution is 7.05. The van der Waals surface area contributed by atoms with Crippen molar-refractivity contribution in [3.8, 4) is 0 Å². The minimum Gasteiger partial charge on any atom is -0.329 e. The Morgan fingerprint density at radius 1 is 1.54 bits per heavy atom. The fourth-order valence-corrected chi connectivity index (χ4v) is 1.74. The molecule has 1 heterocycles. The average Bonchev–Trinajstić information content (AvgIpc) is 2.54. The van der Waals surface area contributed by atoms with Gasteiger partial charge in [-0.25, -0.2) is 0 Å². The Morgan fingerprint density at radius 2 is 2.38 bits per heavy atom. The Balaban J connectivity index is 2.40. The van der Waals surface area contributed by atoms with Gasteiger partial charge in [0.05, 0.1) is 10.6 Å². The third kappa shape index (κ3) is 3.38. The van der Waals surface area contributed by atoms with Crippen LogP contribution in [-0.2, 0) is 13.0 Å². The Labute approximate surface area is 82.7 Å². The van der Waals surface area contributed by atoms with Crippen LogP contribution in [0, 0.1) is 0 Å². The molecule has 74 valence electrons. The molecule has 0 unspecified atom stereocenters. The SMILES string of the molecule is CCCc1nnsc1CNCCN. The van der Waals surface area contributed by atoms with Gasteiger partial charge in [-0.05, 0) is 18.0 Å². The average molecular weight is 200 g/mol. The molecular weight excluding hydrogens is 184 g/mol. The lowest BCUT2D eigenvalue weighted by Crippen LogP contribution is -2.21. The topological polar surface area (TPSA) is 63.8 Å². The first kappa shape index (κ1) is 10.6. The molecule has 0 saturated carbocycles. The summed E-state index contributed by atoms with van der Waals surface area (Å²) in [5.41, 5.74) is 6.51. The maximum absolute atomic E-state index is 5.37. The van der Waals surface area contributed by atoms with Crippen molar-refractivity contribution in [1.82, 2.24) is 14.9 Å². The van der Waals surface area contributed by atoms with E-state index in [0.29, 0.717) is 6.54 Å². The summed E-state index contributed by atoms with van der Waals surface area (Å²) in [5.74, 6) is 0. The van der Waals surface area contributed by atoms with Gasteiger partial charge in [0.15, 0.2) is 0 Å². The van der Waals surface area contributed by atoms with Gasteiger partial charge < -0.3 is 11.1 Å². The molecule has 0 atom stereocenters. The number of aryl methyl sites for hydroxylation is 1. The van der Waals surface area contributed by atoms with E-state index in [0.717, 1.165) is 31.6 Å². The molecule has 0 saturated heterocycles. The van der Waals surface area contributed by atoms with Gasteiger partial charge in [-0.15, -0.1) is 5.10 Å². The van der Waals surface area contributed by atoms with Crippen LogP contribution in [-0.4, -0.2) is 22.7 Å². The molecule has 1 rings (SSSR count). The maximum Gasteiger partial charge on any atom is 0.0800 e. The lowest BCUT2D eigenvalue weighted by molar-refractivity contribution is 0.692. The highest BCUT2D eigenvalue weighted by Crippen LogP contribution is 2.11.